The second kappa shape index (κ2) is 11.7. The lowest BCUT2D eigenvalue weighted by Crippen LogP contribution is -2.42. The summed E-state index contributed by atoms with van der Waals surface area (Å²) in [6.07, 6.45) is 1.72. The maximum Gasteiger partial charge on any atom is 0.330 e. The maximum absolute atomic E-state index is 12.9. The molecule has 0 bridgehead atoms. The fourth-order valence-corrected chi connectivity index (χ4v) is 4.85. The summed E-state index contributed by atoms with van der Waals surface area (Å²) in [5.74, 6) is 6.16. The first-order valence-electron chi connectivity index (χ1n) is 13.0. The number of carbonyl (C=O) groups excluding carboxylic acids is 3. The second-order valence-corrected chi connectivity index (χ2v) is 9.59. The van der Waals surface area contributed by atoms with Crippen LogP contribution in [0.4, 0.5) is 0 Å². The lowest BCUT2D eigenvalue weighted by Gasteiger charge is -2.23. The number of rotatable bonds is 5. The molecule has 0 aliphatic carbocycles. The highest BCUT2D eigenvalue weighted by Gasteiger charge is 2.51. The molecule has 1 N–H and O–H groups in total. The van der Waals surface area contributed by atoms with Crippen molar-refractivity contribution in [1.29, 1.82) is 0 Å². The van der Waals surface area contributed by atoms with Gasteiger partial charge in [0.25, 0.3) is 5.56 Å². The van der Waals surface area contributed by atoms with Crippen molar-refractivity contribution < 1.29 is 37.7 Å². The summed E-state index contributed by atoms with van der Waals surface area (Å²) in [6, 6.07) is 10.8. The molecular weight excluding hydrogens is 560 g/mol. The molecule has 5 rings (SSSR count). The average molecular weight is 585 g/mol. The Morgan fingerprint density at radius 3 is 2.12 bits per heavy atom. The van der Waals surface area contributed by atoms with E-state index in [1.54, 1.807) is 18.2 Å². The van der Waals surface area contributed by atoms with Crippen LogP contribution in [-0.4, -0.2) is 52.4 Å². The van der Waals surface area contributed by atoms with Crippen LogP contribution in [0.25, 0.3) is 21.9 Å². The molecule has 3 heterocycles. The molecule has 12 heteroatoms. The molecule has 0 spiro atoms. The molecule has 1 fully saturated rings. The monoisotopic (exact) mass is 584 g/mol. The predicted octanol–water partition coefficient (Wildman–Crippen LogP) is 2.14. The summed E-state index contributed by atoms with van der Waals surface area (Å²) in [7, 11) is 0. The van der Waals surface area contributed by atoms with E-state index in [0.717, 1.165) is 35.4 Å². The SMILES string of the molecule is C#Cc1cccc2c1oc1c(C#Cc3cn([C@@H]4O[C@H](COC(C)=O)[C@@H](OC(C)=O)[C@H]4OC(C)=O)c(=O)[nH]c3=O)cccc12. The smallest absolute Gasteiger partial charge is 0.330 e. The zero-order valence-corrected chi connectivity index (χ0v) is 23.2. The van der Waals surface area contributed by atoms with E-state index < -0.39 is 53.7 Å². The van der Waals surface area contributed by atoms with Gasteiger partial charge >= 0.3 is 23.6 Å². The molecule has 43 heavy (non-hydrogen) atoms. The first-order valence-corrected chi connectivity index (χ1v) is 13.0. The minimum absolute atomic E-state index is 0.130. The van der Waals surface area contributed by atoms with Gasteiger partial charge in [-0.05, 0) is 12.1 Å². The minimum atomic E-state index is -1.38. The fourth-order valence-electron chi connectivity index (χ4n) is 4.85. The summed E-state index contributed by atoms with van der Waals surface area (Å²) in [4.78, 5) is 63.1. The van der Waals surface area contributed by atoms with E-state index >= 15 is 0 Å². The predicted molar refractivity (Wildman–Crippen MR) is 151 cm³/mol. The average Bonchev–Trinajstić information content (AvgIpc) is 3.49. The van der Waals surface area contributed by atoms with Gasteiger partial charge < -0.3 is 23.4 Å². The van der Waals surface area contributed by atoms with Crippen LogP contribution in [0.5, 0.6) is 0 Å². The molecule has 12 nitrogen and oxygen atoms in total. The number of ether oxygens (including phenoxy) is 4. The first-order chi connectivity index (χ1) is 20.6. The summed E-state index contributed by atoms with van der Waals surface area (Å²) in [5, 5.41) is 1.58. The Morgan fingerprint density at radius 2 is 1.49 bits per heavy atom. The Labute approximate surface area is 243 Å². The van der Waals surface area contributed by atoms with E-state index in [1.165, 1.54) is 6.92 Å². The molecule has 0 saturated carbocycles. The zero-order valence-electron chi connectivity index (χ0n) is 23.2. The number of fused-ring (bicyclic) bond motifs is 3. The number of esters is 3. The highest BCUT2D eigenvalue weighted by Crippen LogP contribution is 2.34. The molecule has 1 aliphatic rings. The van der Waals surface area contributed by atoms with Crippen LogP contribution >= 0.6 is 0 Å². The van der Waals surface area contributed by atoms with E-state index in [4.69, 9.17) is 29.8 Å². The van der Waals surface area contributed by atoms with Crippen LogP contribution in [0.15, 0.2) is 56.6 Å². The third-order valence-corrected chi connectivity index (χ3v) is 6.59. The Hall–Kier alpha value is -5.59. The van der Waals surface area contributed by atoms with Crippen molar-refractivity contribution in [1.82, 2.24) is 9.55 Å². The number of para-hydroxylation sites is 2. The summed E-state index contributed by atoms with van der Waals surface area (Å²) in [6.45, 7) is 3.07. The molecule has 0 unspecified atom stereocenters. The first kappa shape index (κ1) is 28.9. The Balaban J connectivity index is 1.57. The number of terminal acetylenes is 1. The number of furan rings is 1. The van der Waals surface area contributed by atoms with Crippen molar-refractivity contribution in [3.63, 3.8) is 0 Å². The van der Waals surface area contributed by atoms with Crippen molar-refractivity contribution in [2.45, 2.75) is 45.3 Å². The van der Waals surface area contributed by atoms with Gasteiger partial charge in [0.15, 0.2) is 29.6 Å². The number of nitrogens with zero attached hydrogens (tertiary/aromatic N) is 1. The third kappa shape index (κ3) is 5.77. The number of H-pyrrole nitrogens is 1. The fraction of sp³-hybridized carbons (Fsp3) is 0.258. The van der Waals surface area contributed by atoms with Crippen LogP contribution in [0, 0.1) is 24.2 Å². The molecule has 218 valence electrons. The normalized spacial score (nSPS) is 19.3. The van der Waals surface area contributed by atoms with E-state index in [2.05, 4.69) is 22.7 Å². The molecule has 4 atom stereocenters. The summed E-state index contributed by atoms with van der Waals surface area (Å²) in [5.41, 5.74) is 0.206. The largest absolute Gasteiger partial charge is 0.463 e. The maximum atomic E-state index is 12.9. The van der Waals surface area contributed by atoms with Crippen LogP contribution in [0.1, 0.15) is 43.7 Å². The number of aromatic amines is 1. The minimum Gasteiger partial charge on any atom is -0.463 e. The van der Waals surface area contributed by atoms with Gasteiger partial charge in [-0.2, -0.15) is 0 Å². The van der Waals surface area contributed by atoms with Crippen LogP contribution < -0.4 is 11.2 Å². The molecule has 1 aliphatic heterocycles. The molecule has 0 radical (unpaired) electrons. The van der Waals surface area contributed by atoms with E-state index in [0.29, 0.717) is 22.3 Å². The second-order valence-electron chi connectivity index (χ2n) is 9.59. The Kier molecular flexibility index (Phi) is 7.88. The zero-order chi connectivity index (χ0) is 30.8. The van der Waals surface area contributed by atoms with Gasteiger partial charge in [-0.15, -0.1) is 6.42 Å². The van der Waals surface area contributed by atoms with Crippen molar-refractivity contribution in [2.24, 2.45) is 0 Å². The highest BCUT2D eigenvalue weighted by molar-refractivity contribution is 6.08. The topological polar surface area (TPSA) is 156 Å². The number of hydrogen-bond acceptors (Lipinski definition) is 10. The Morgan fingerprint density at radius 1 is 0.884 bits per heavy atom. The number of nitrogens with one attached hydrogen (secondary N) is 1. The van der Waals surface area contributed by atoms with Crippen molar-refractivity contribution in [2.75, 3.05) is 6.61 Å². The van der Waals surface area contributed by atoms with Gasteiger partial charge in [-0.25, -0.2) is 4.79 Å². The molecular formula is C31H24N2O10. The molecule has 2 aromatic heterocycles. The number of benzene rings is 2. The third-order valence-electron chi connectivity index (χ3n) is 6.59. The number of carbonyl (C=O) groups is 3. The number of hydrogen-bond donors (Lipinski definition) is 1. The molecule has 0 amide bonds. The van der Waals surface area contributed by atoms with Gasteiger partial charge in [0.1, 0.15) is 18.3 Å². The lowest BCUT2D eigenvalue weighted by molar-refractivity contribution is -0.166. The van der Waals surface area contributed by atoms with Gasteiger partial charge in [0.2, 0.25) is 0 Å². The summed E-state index contributed by atoms with van der Waals surface area (Å²) < 4.78 is 28.7. The van der Waals surface area contributed by atoms with Gasteiger partial charge in [0, 0.05) is 37.7 Å². The molecule has 4 aromatic rings. The van der Waals surface area contributed by atoms with Gasteiger partial charge in [-0.3, -0.25) is 28.7 Å². The van der Waals surface area contributed by atoms with E-state index in [1.807, 2.05) is 18.2 Å². The van der Waals surface area contributed by atoms with Crippen molar-refractivity contribution in [3.8, 4) is 24.2 Å². The summed E-state index contributed by atoms with van der Waals surface area (Å²) >= 11 is 0. The standard InChI is InChI=1S/C31H24N2O10/c1-5-19-8-6-10-22-23-11-7-9-20(26(23)43-25(19)22)12-13-21-14-33(31(38)32-29(21)37)30-28(41-18(4)36)27(40-17(3)35)24(42-30)15-39-16(2)34/h1,6-11,14,24,27-28,30H,15H2,2-4H3,(H,32,37,38)/t24-,27-,28-,30-/m1/s1. The van der Waals surface area contributed by atoms with Crippen LogP contribution in [0.3, 0.4) is 0 Å². The van der Waals surface area contributed by atoms with Crippen molar-refractivity contribution in [3.05, 3.63) is 80.1 Å². The molecule has 2 aromatic carbocycles. The Bertz CT molecular complexity index is 2000. The molecule has 1 saturated heterocycles. The van der Waals surface area contributed by atoms with Crippen LogP contribution in [-0.2, 0) is 33.3 Å². The van der Waals surface area contributed by atoms with E-state index in [-0.39, 0.29) is 12.2 Å². The van der Waals surface area contributed by atoms with Gasteiger partial charge in [-0.1, -0.05) is 42.0 Å². The quantitative estimate of drug-likeness (QED) is 0.209. The number of aromatic nitrogens is 2. The van der Waals surface area contributed by atoms with E-state index in [9.17, 15) is 24.0 Å². The highest BCUT2D eigenvalue weighted by atomic mass is 16.7. The van der Waals surface area contributed by atoms with Crippen LogP contribution in [0.2, 0.25) is 0 Å². The lowest BCUT2D eigenvalue weighted by atomic mass is 10.1. The van der Waals surface area contributed by atoms with Gasteiger partial charge in [0.05, 0.1) is 11.1 Å². The van der Waals surface area contributed by atoms with Crippen molar-refractivity contribution >= 4 is 39.8 Å².